The van der Waals surface area contributed by atoms with E-state index in [-0.39, 0.29) is 6.04 Å². The minimum Gasteiger partial charge on any atom is -0.298 e. The molecule has 1 unspecified atom stereocenters. The van der Waals surface area contributed by atoms with Crippen LogP contribution in [0.3, 0.4) is 0 Å². The second-order valence-corrected chi connectivity index (χ2v) is 4.24. The van der Waals surface area contributed by atoms with Crippen molar-refractivity contribution in [2.75, 3.05) is 0 Å². The van der Waals surface area contributed by atoms with Gasteiger partial charge in [-0.05, 0) is 11.1 Å². The summed E-state index contributed by atoms with van der Waals surface area (Å²) >= 11 is 0. The third-order valence-corrected chi connectivity index (χ3v) is 2.83. The number of nitriles is 1. The van der Waals surface area contributed by atoms with E-state index in [0.717, 1.165) is 13.0 Å². The van der Waals surface area contributed by atoms with E-state index >= 15 is 0 Å². The molecule has 18 heavy (non-hydrogen) atoms. The van der Waals surface area contributed by atoms with Gasteiger partial charge in [0.2, 0.25) is 0 Å². The molecule has 1 N–H and O–H groups in total. The zero-order valence-electron chi connectivity index (χ0n) is 10.2. The summed E-state index contributed by atoms with van der Waals surface area (Å²) in [6, 6.07) is 22.4. The first kappa shape index (κ1) is 12.3. The molecule has 0 heterocycles. The monoisotopic (exact) mass is 236 g/mol. The van der Waals surface area contributed by atoms with Crippen LogP contribution in [-0.2, 0) is 13.0 Å². The standard InChI is InChI=1S/C16H16N2/c17-12-16(11-14-7-3-1-4-8-14)18-13-15-9-5-2-6-10-15/h1-10,16,18H,11,13H2. The van der Waals surface area contributed by atoms with E-state index in [2.05, 4.69) is 35.7 Å². The van der Waals surface area contributed by atoms with Crippen molar-refractivity contribution in [1.29, 1.82) is 5.26 Å². The fourth-order valence-corrected chi connectivity index (χ4v) is 1.85. The van der Waals surface area contributed by atoms with Crippen LogP contribution in [0.5, 0.6) is 0 Å². The highest BCUT2D eigenvalue weighted by molar-refractivity contribution is 5.19. The molecule has 90 valence electrons. The number of nitrogens with zero attached hydrogens (tertiary/aromatic N) is 1. The summed E-state index contributed by atoms with van der Waals surface area (Å²) in [5.74, 6) is 0. The minimum absolute atomic E-state index is 0.146. The van der Waals surface area contributed by atoms with Crippen LogP contribution in [-0.4, -0.2) is 6.04 Å². The van der Waals surface area contributed by atoms with Gasteiger partial charge in [0.15, 0.2) is 0 Å². The number of hydrogen-bond donors (Lipinski definition) is 1. The lowest BCUT2D eigenvalue weighted by Gasteiger charge is -2.11. The van der Waals surface area contributed by atoms with Crippen LogP contribution in [0.2, 0.25) is 0 Å². The Kier molecular flexibility index (Phi) is 4.52. The molecule has 2 rings (SSSR count). The summed E-state index contributed by atoms with van der Waals surface area (Å²) in [5.41, 5.74) is 2.38. The van der Waals surface area contributed by atoms with Gasteiger partial charge in [0.05, 0.1) is 12.1 Å². The van der Waals surface area contributed by atoms with Crippen molar-refractivity contribution < 1.29 is 0 Å². The van der Waals surface area contributed by atoms with Gasteiger partial charge >= 0.3 is 0 Å². The number of rotatable bonds is 5. The first-order chi connectivity index (χ1) is 8.88. The summed E-state index contributed by atoms with van der Waals surface area (Å²) < 4.78 is 0. The molecule has 0 saturated heterocycles. The average molecular weight is 236 g/mol. The maximum absolute atomic E-state index is 9.15. The van der Waals surface area contributed by atoms with Crippen molar-refractivity contribution in [2.24, 2.45) is 0 Å². The molecule has 2 aromatic carbocycles. The van der Waals surface area contributed by atoms with Crippen molar-refractivity contribution in [3.05, 3.63) is 71.8 Å². The van der Waals surface area contributed by atoms with Crippen LogP contribution < -0.4 is 5.32 Å². The third kappa shape index (κ3) is 3.73. The molecule has 2 aromatic rings. The maximum atomic E-state index is 9.15. The molecule has 0 aliphatic carbocycles. The van der Waals surface area contributed by atoms with Crippen LogP contribution in [0.4, 0.5) is 0 Å². The van der Waals surface area contributed by atoms with Gasteiger partial charge in [0, 0.05) is 13.0 Å². The summed E-state index contributed by atoms with van der Waals surface area (Å²) in [4.78, 5) is 0. The zero-order chi connectivity index (χ0) is 12.6. The summed E-state index contributed by atoms with van der Waals surface area (Å²) in [6.45, 7) is 0.728. The van der Waals surface area contributed by atoms with Crippen molar-refractivity contribution >= 4 is 0 Å². The zero-order valence-corrected chi connectivity index (χ0v) is 10.2. The Labute approximate surface area is 108 Å². The molecule has 0 amide bonds. The number of hydrogen-bond acceptors (Lipinski definition) is 2. The SMILES string of the molecule is N#CC(Cc1ccccc1)NCc1ccccc1. The van der Waals surface area contributed by atoms with E-state index in [1.54, 1.807) is 0 Å². The van der Waals surface area contributed by atoms with Gasteiger partial charge in [-0.15, -0.1) is 0 Å². The molecule has 0 fully saturated rings. The quantitative estimate of drug-likeness (QED) is 0.866. The normalized spacial score (nSPS) is 11.7. The molecular formula is C16H16N2. The minimum atomic E-state index is -0.146. The molecule has 0 spiro atoms. The topological polar surface area (TPSA) is 35.8 Å². The maximum Gasteiger partial charge on any atom is 0.0996 e. The van der Waals surface area contributed by atoms with Gasteiger partial charge in [-0.25, -0.2) is 0 Å². The van der Waals surface area contributed by atoms with Crippen LogP contribution in [0, 0.1) is 11.3 Å². The van der Waals surface area contributed by atoms with Crippen molar-refractivity contribution in [1.82, 2.24) is 5.32 Å². The van der Waals surface area contributed by atoms with Crippen LogP contribution in [0.15, 0.2) is 60.7 Å². The Morgan fingerprint density at radius 1 is 0.889 bits per heavy atom. The number of nitrogens with one attached hydrogen (secondary N) is 1. The molecule has 2 nitrogen and oxygen atoms in total. The summed E-state index contributed by atoms with van der Waals surface area (Å²) in [7, 11) is 0. The lowest BCUT2D eigenvalue weighted by atomic mass is 10.1. The fourth-order valence-electron chi connectivity index (χ4n) is 1.85. The number of benzene rings is 2. The largest absolute Gasteiger partial charge is 0.298 e. The average Bonchev–Trinajstić information content (AvgIpc) is 2.45. The van der Waals surface area contributed by atoms with Gasteiger partial charge in [-0.1, -0.05) is 60.7 Å². The lowest BCUT2D eigenvalue weighted by molar-refractivity contribution is 0.599. The Balaban J connectivity index is 1.89. The van der Waals surface area contributed by atoms with Crippen LogP contribution in [0.25, 0.3) is 0 Å². The van der Waals surface area contributed by atoms with Crippen LogP contribution in [0.1, 0.15) is 11.1 Å². The Morgan fingerprint density at radius 3 is 2.00 bits per heavy atom. The lowest BCUT2D eigenvalue weighted by Crippen LogP contribution is -2.29. The first-order valence-electron chi connectivity index (χ1n) is 6.09. The highest BCUT2D eigenvalue weighted by Crippen LogP contribution is 2.04. The smallest absolute Gasteiger partial charge is 0.0996 e. The molecule has 0 aromatic heterocycles. The highest BCUT2D eigenvalue weighted by Gasteiger charge is 2.07. The van der Waals surface area contributed by atoms with Gasteiger partial charge in [-0.3, -0.25) is 5.32 Å². The second kappa shape index (κ2) is 6.58. The van der Waals surface area contributed by atoms with E-state index in [0.29, 0.717) is 0 Å². The van der Waals surface area contributed by atoms with Crippen molar-refractivity contribution in [2.45, 2.75) is 19.0 Å². The molecular weight excluding hydrogens is 220 g/mol. The van der Waals surface area contributed by atoms with E-state index in [1.807, 2.05) is 36.4 Å². The molecule has 0 radical (unpaired) electrons. The highest BCUT2D eigenvalue weighted by atomic mass is 14.9. The first-order valence-corrected chi connectivity index (χ1v) is 6.09. The Morgan fingerprint density at radius 2 is 1.44 bits per heavy atom. The molecule has 0 aliphatic rings. The van der Waals surface area contributed by atoms with Gasteiger partial charge < -0.3 is 0 Å². The van der Waals surface area contributed by atoms with Crippen molar-refractivity contribution in [3.63, 3.8) is 0 Å². The third-order valence-electron chi connectivity index (χ3n) is 2.83. The van der Waals surface area contributed by atoms with Gasteiger partial charge in [0.1, 0.15) is 0 Å². The predicted octanol–water partition coefficient (Wildman–Crippen LogP) is 2.91. The van der Waals surface area contributed by atoms with E-state index < -0.39 is 0 Å². The van der Waals surface area contributed by atoms with E-state index in [9.17, 15) is 0 Å². The molecule has 0 aliphatic heterocycles. The summed E-state index contributed by atoms with van der Waals surface area (Å²) in [5, 5.41) is 12.4. The molecule has 1 atom stereocenters. The fraction of sp³-hybridized carbons (Fsp3) is 0.188. The van der Waals surface area contributed by atoms with Crippen LogP contribution >= 0.6 is 0 Å². The predicted molar refractivity (Wildman–Crippen MR) is 72.8 cm³/mol. The Bertz CT molecular complexity index is 500. The molecule has 0 saturated carbocycles. The second-order valence-electron chi connectivity index (χ2n) is 4.24. The molecule has 0 bridgehead atoms. The van der Waals surface area contributed by atoms with Crippen molar-refractivity contribution in [3.8, 4) is 6.07 Å². The van der Waals surface area contributed by atoms with E-state index in [1.165, 1.54) is 11.1 Å². The summed E-state index contributed by atoms with van der Waals surface area (Å²) in [6.07, 6.45) is 0.740. The van der Waals surface area contributed by atoms with E-state index in [4.69, 9.17) is 5.26 Å². The molecule has 2 heteroatoms. The van der Waals surface area contributed by atoms with Gasteiger partial charge in [-0.2, -0.15) is 5.26 Å². The Hall–Kier alpha value is -2.11. The van der Waals surface area contributed by atoms with Gasteiger partial charge in [0.25, 0.3) is 0 Å².